The van der Waals surface area contributed by atoms with Crippen LogP contribution in [0.2, 0.25) is 0 Å². The van der Waals surface area contributed by atoms with Gasteiger partial charge in [-0.2, -0.15) is 0 Å². The topological polar surface area (TPSA) is 265 Å². The second kappa shape index (κ2) is 23.3. The fourth-order valence-electron chi connectivity index (χ4n) is 0. The predicted octanol–water partition coefficient (Wildman–Crippen LogP) is -0.959. The van der Waals surface area contributed by atoms with Gasteiger partial charge in [0, 0.05) is 19.5 Å². The van der Waals surface area contributed by atoms with E-state index in [2.05, 4.69) is 0 Å². The smallest absolute Gasteiger partial charge is 0.0689 e. The molecule has 1 radical (unpaired) electrons. The van der Waals surface area contributed by atoms with E-state index in [0.717, 1.165) is 0 Å². The molecule has 17 heteroatoms. The van der Waals surface area contributed by atoms with Gasteiger partial charge in [0.15, 0.2) is 0 Å². The van der Waals surface area contributed by atoms with Gasteiger partial charge in [-0.25, -0.2) is 0 Å². The van der Waals surface area contributed by atoms with Crippen LogP contribution in [-0.2, 0) is 19.5 Å². The Morgan fingerprint density at radius 2 is 0.412 bits per heavy atom. The number of rotatable bonds is 0. The summed E-state index contributed by atoms with van der Waals surface area (Å²) >= 11 is 0. The van der Waals surface area contributed by atoms with Crippen LogP contribution in [0.25, 0.3) is 0 Å². The molecule has 0 aliphatic rings. The molecule has 17 heavy (non-hydrogen) atoms. The summed E-state index contributed by atoms with van der Waals surface area (Å²) in [5, 5.41) is 59.0. The standard InChI is InChI=1S/4NO3.Rh/c4*2-1(3)4;/q4*-1;. The first-order chi connectivity index (χ1) is 6.93. The van der Waals surface area contributed by atoms with Crippen LogP contribution in [0.15, 0.2) is 0 Å². The van der Waals surface area contributed by atoms with E-state index in [1.54, 1.807) is 0 Å². The second-order valence-electron chi connectivity index (χ2n) is 0.894. The molecule has 105 valence electrons. The zero-order chi connectivity index (χ0) is 14.3. The molecule has 0 rings (SSSR count). The molecular weight excluding hydrogens is 351 g/mol. The van der Waals surface area contributed by atoms with Crippen molar-refractivity contribution < 1.29 is 39.8 Å². The molecule has 0 saturated carbocycles. The normalized spacial score (nSPS) is 5.65. The number of hydrogen-bond acceptors (Lipinski definition) is 12. The van der Waals surface area contributed by atoms with Crippen molar-refractivity contribution in [2.24, 2.45) is 0 Å². The monoisotopic (exact) mass is 351 g/mol. The van der Waals surface area contributed by atoms with Gasteiger partial charge in [-0.1, -0.05) is 0 Å². The van der Waals surface area contributed by atoms with E-state index in [0.29, 0.717) is 0 Å². The van der Waals surface area contributed by atoms with Crippen LogP contribution < -0.4 is 0 Å². The molecule has 0 saturated heterocycles. The van der Waals surface area contributed by atoms with Crippen LogP contribution in [-0.4, -0.2) is 20.3 Å². The summed E-state index contributed by atoms with van der Waals surface area (Å²) < 4.78 is 0. The SMILES string of the molecule is O=[N+]([O-])[O-].O=[N+]([O-])[O-].O=[N+]([O-])[O-].O=[N+]([O-])[O-].[Rh]. The van der Waals surface area contributed by atoms with Gasteiger partial charge in [-0.3, -0.25) is 0 Å². The van der Waals surface area contributed by atoms with Gasteiger partial charge in [-0.15, -0.1) is 0 Å². The minimum atomic E-state index is -1.75. The van der Waals surface area contributed by atoms with E-state index < -0.39 is 20.3 Å². The van der Waals surface area contributed by atoms with Gasteiger partial charge >= 0.3 is 0 Å². The predicted molar refractivity (Wildman–Crippen MR) is 41.4 cm³/mol. The van der Waals surface area contributed by atoms with Crippen molar-refractivity contribution in [2.75, 3.05) is 0 Å². The molecule has 0 amide bonds. The van der Waals surface area contributed by atoms with Gasteiger partial charge in [0.1, 0.15) is 0 Å². The molecular formula is N4O12Rh-4. The van der Waals surface area contributed by atoms with Crippen LogP contribution in [0.5, 0.6) is 0 Å². The van der Waals surface area contributed by atoms with Crippen molar-refractivity contribution in [3.63, 3.8) is 0 Å². The molecule has 0 fully saturated rings. The van der Waals surface area contributed by atoms with Gasteiger partial charge in [0.2, 0.25) is 0 Å². The third-order valence-electron chi connectivity index (χ3n) is 0. The third kappa shape index (κ3) is 264. The minimum Gasteiger partial charge on any atom is -0.356 e. The van der Waals surface area contributed by atoms with Crippen molar-refractivity contribution >= 4 is 0 Å². The Balaban J connectivity index is -0.0000000369. The Labute approximate surface area is 102 Å². The fraction of sp³-hybridized carbons (Fsp3) is 0. The largest absolute Gasteiger partial charge is 0.356 e. The van der Waals surface area contributed by atoms with Crippen molar-refractivity contribution in [1.29, 1.82) is 0 Å². The molecule has 0 N–H and O–H groups in total. The van der Waals surface area contributed by atoms with Crippen LogP contribution in [0.3, 0.4) is 0 Å². The van der Waals surface area contributed by atoms with Gasteiger partial charge < -0.3 is 61.3 Å². The van der Waals surface area contributed by atoms with Crippen molar-refractivity contribution in [3.05, 3.63) is 61.3 Å². The zero-order valence-electron chi connectivity index (χ0n) is 7.02. The maximum atomic E-state index is 8.25. The van der Waals surface area contributed by atoms with E-state index >= 15 is 0 Å². The average Bonchev–Trinajstić information content (AvgIpc) is 1.76. The van der Waals surface area contributed by atoms with Gasteiger partial charge in [0.25, 0.3) is 0 Å². The Hall–Kier alpha value is -2.58. The molecule has 0 bridgehead atoms. The molecule has 16 nitrogen and oxygen atoms in total. The van der Waals surface area contributed by atoms with E-state index in [1.165, 1.54) is 0 Å². The molecule has 0 atom stereocenters. The van der Waals surface area contributed by atoms with E-state index in [-0.39, 0.29) is 19.5 Å². The van der Waals surface area contributed by atoms with Crippen LogP contribution in [0, 0.1) is 61.3 Å². The molecule has 0 aliphatic heterocycles. The van der Waals surface area contributed by atoms with Gasteiger partial charge in [0.05, 0.1) is 20.3 Å². The van der Waals surface area contributed by atoms with Crippen LogP contribution in [0.1, 0.15) is 0 Å². The third-order valence-corrected chi connectivity index (χ3v) is 0. The first-order valence-corrected chi connectivity index (χ1v) is 2.19. The number of nitrogens with zero attached hydrogens (tertiary/aromatic N) is 4. The van der Waals surface area contributed by atoms with Crippen LogP contribution >= 0.6 is 0 Å². The zero-order valence-corrected chi connectivity index (χ0v) is 8.66. The molecule has 0 unspecified atom stereocenters. The summed E-state index contributed by atoms with van der Waals surface area (Å²) in [6.07, 6.45) is 0. The number of hydrogen-bond donors (Lipinski definition) is 0. The summed E-state index contributed by atoms with van der Waals surface area (Å²) in [7, 11) is 0. The quantitative estimate of drug-likeness (QED) is 0.290. The maximum Gasteiger partial charge on any atom is 0.0689 e. The van der Waals surface area contributed by atoms with E-state index in [4.69, 9.17) is 61.3 Å². The van der Waals surface area contributed by atoms with Crippen molar-refractivity contribution in [1.82, 2.24) is 0 Å². The van der Waals surface area contributed by atoms with E-state index in [1.807, 2.05) is 0 Å². The summed E-state index contributed by atoms with van der Waals surface area (Å²) in [4.78, 5) is 33.0. The second-order valence-corrected chi connectivity index (χ2v) is 0.894. The average molecular weight is 351 g/mol. The Bertz CT molecular complexity index is 159. The molecule has 0 aliphatic carbocycles. The maximum absolute atomic E-state index is 8.25. The first kappa shape index (κ1) is 29.3. The Morgan fingerprint density at radius 1 is 0.412 bits per heavy atom. The summed E-state index contributed by atoms with van der Waals surface area (Å²) in [6.45, 7) is 0. The Morgan fingerprint density at radius 3 is 0.412 bits per heavy atom. The minimum absolute atomic E-state index is 0. The molecule has 0 aromatic rings. The molecule has 0 aromatic heterocycles. The summed E-state index contributed by atoms with van der Waals surface area (Å²) in [5.41, 5.74) is 0. The van der Waals surface area contributed by atoms with Crippen LogP contribution in [0.4, 0.5) is 0 Å². The summed E-state index contributed by atoms with van der Waals surface area (Å²) in [5.74, 6) is 0. The van der Waals surface area contributed by atoms with Crippen molar-refractivity contribution in [2.45, 2.75) is 0 Å². The molecule has 0 spiro atoms. The summed E-state index contributed by atoms with van der Waals surface area (Å²) in [6, 6.07) is 0. The fourth-order valence-corrected chi connectivity index (χ4v) is 0. The molecule has 0 heterocycles. The van der Waals surface area contributed by atoms with Gasteiger partial charge in [-0.05, 0) is 0 Å². The first-order valence-electron chi connectivity index (χ1n) is 2.19. The molecule has 0 aromatic carbocycles. The Kier molecular flexibility index (Phi) is 40.2. The van der Waals surface area contributed by atoms with E-state index in [9.17, 15) is 0 Å². The van der Waals surface area contributed by atoms with Crippen molar-refractivity contribution in [3.8, 4) is 0 Å².